The first kappa shape index (κ1) is 66.6. The fourth-order valence-electron chi connectivity index (χ4n) is 13.2. The summed E-state index contributed by atoms with van der Waals surface area (Å²) >= 11 is 0. The lowest BCUT2D eigenvalue weighted by Gasteiger charge is -2.60. The molecule has 12 aromatic rings. The molecule has 6 aliphatic heterocycles. The normalized spacial score (nSPS) is 29.4. The zero-order valence-corrected chi connectivity index (χ0v) is 65.2. The summed E-state index contributed by atoms with van der Waals surface area (Å²) < 4.78 is 122. The van der Waals surface area contributed by atoms with Gasteiger partial charge < -0.3 is 57.6 Å². The molecular weight excluding hydrogens is 1440 g/mol. The molecule has 12 aromatic carbocycles. The maximum absolute atomic E-state index is 8.78. The van der Waals surface area contributed by atoms with Gasteiger partial charge in [0.2, 0.25) is 0 Å². The summed E-state index contributed by atoms with van der Waals surface area (Å²) in [4.78, 5) is 0. The number of rotatable bonds is 10. The highest BCUT2D eigenvalue weighted by Gasteiger charge is 2.84. The Morgan fingerprint density at radius 3 is 0.451 bits per heavy atom. The second-order valence-corrected chi connectivity index (χ2v) is 55.0. The van der Waals surface area contributed by atoms with Gasteiger partial charge in [-0.25, -0.2) is 0 Å². The molecule has 14 nitrogen and oxygen atoms in total. The average Bonchev–Trinajstić information content (AvgIpc) is 0.674. The molecule has 6 aliphatic rings. The number of hydrogen-bond acceptors (Lipinski definition) is 14. The molecule has 500 valence electrons. The molecule has 18 rings (SSSR count). The van der Waals surface area contributed by atoms with Crippen molar-refractivity contribution in [3.63, 3.8) is 0 Å². The van der Waals surface area contributed by atoms with E-state index in [1.165, 1.54) is 0 Å². The van der Waals surface area contributed by atoms with Gasteiger partial charge in [0.1, 0.15) is 0 Å². The van der Waals surface area contributed by atoms with Gasteiger partial charge in [-0.3, -0.25) is 0 Å². The van der Waals surface area contributed by atoms with Crippen LogP contribution in [0.15, 0.2) is 352 Å². The van der Waals surface area contributed by atoms with Gasteiger partial charge in [0.05, 0.1) is 0 Å². The van der Waals surface area contributed by atoms with Crippen molar-refractivity contribution in [1.29, 1.82) is 0 Å². The highest BCUT2D eigenvalue weighted by molar-refractivity contribution is 7.14. The van der Waals surface area contributed by atoms with Crippen LogP contribution in [0, 0.1) is 23.7 Å². The van der Waals surface area contributed by atoms with Crippen molar-refractivity contribution < 1.29 is 57.6 Å². The first-order valence-corrected chi connectivity index (χ1v) is 51.9. The molecule has 6 fully saturated rings. The number of fused-ring (bicyclic) bond motifs is 4. The van der Waals surface area contributed by atoms with Crippen LogP contribution in [0.1, 0.15) is 22.3 Å². The highest BCUT2D eigenvalue weighted by atomic mass is 28.6. The standard InChI is InChI=1S/C78H64O14Si10/c1-93(69-61-57-67(58-62-69)55-53-65-33-13-3-14-34-65)79-95(71-37-17-5-18-38-71)83-99(75-45-25-9-26-46-75)87-97(73-41-21-7-22-42-73)81-94(2,70-63-59-68(60-64-70)56-54-66-35-15-4-16-36-66)82-98(74-43-23-8-24-44-74)89-101(91-99,77-49-29-11-30-50-77)85-96(80-93,72-39-19-6-20-40-72)86-102(90-98,78-51-31-12-32-52-78)92-100(84-95,88-97)76-47-27-10-28-48-76/h3-52,57-64H,1-2H3. The molecule has 0 atom stereocenters. The van der Waals surface area contributed by atoms with E-state index < -0.39 is 87.6 Å². The third kappa shape index (κ3) is 12.4. The molecule has 0 saturated carbocycles. The van der Waals surface area contributed by atoms with Crippen molar-refractivity contribution in [3.05, 3.63) is 374 Å². The molecule has 24 heteroatoms. The summed E-state index contributed by atoms with van der Waals surface area (Å²) in [7, 11) is -51.5. The zero-order chi connectivity index (χ0) is 68.8. The molecule has 0 spiro atoms. The molecule has 0 amide bonds. The van der Waals surface area contributed by atoms with Gasteiger partial charge in [-0.05, 0) is 72.0 Å². The maximum Gasteiger partial charge on any atom is 0.515 e. The number of hydrogen-bond donors (Lipinski definition) is 0. The van der Waals surface area contributed by atoms with E-state index in [1.54, 1.807) is 0 Å². The van der Waals surface area contributed by atoms with Crippen LogP contribution in [0.25, 0.3) is 0 Å². The molecule has 0 unspecified atom stereocenters. The zero-order valence-electron chi connectivity index (χ0n) is 55.2. The second kappa shape index (κ2) is 26.9. The third-order valence-electron chi connectivity index (χ3n) is 18.1. The summed E-state index contributed by atoms with van der Waals surface area (Å²) in [6.45, 7) is 3.98. The Hall–Kier alpha value is -8.63. The van der Waals surface area contributed by atoms with E-state index in [9.17, 15) is 0 Å². The molecular formula is C78H64O14Si10. The SMILES string of the molecule is C[Si]1(c2ccc(C#Cc3ccccc3)cc2)O[Si]2(c3ccccc3)O[Si]3(c4ccccc4)O[Si]4(c5ccccc5)O[Si](C)(c5ccc(C#Cc6ccccc6)cc5)O[Si]5(c6ccccc6)O[Si](c6ccccc6)(O[Si](c6ccccc6)(O1)O[Si](c1ccccc1)(O5)O[Si](c1ccccc1)(O2)O4)O3. The Morgan fingerprint density at radius 1 is 0.147 bits per heavy atom. The fraction of sp³-hybridized carbons (Fsp3) is 0.0256. The minimum Gasteiger partial charge on any atom is -0.387 e. The Kier molecular flexibility index (Phi) is 17.6. The van der Waals surface area contributed by atoms with E-state index in [-0.39, 0.29) is 0 Å². The highest BCUT2D eigenvalue weighted by Crippen LogP contribution is 2.47. The lowest BCUT2D eigenvalue weighted by atomic mass is 10.2. The lowest BCUT2D eigenvalue weighted by molar-refractivity contribution is 0.0273. The molecule has 0 aromatic heterocycles. The minimum absolute atomic E-state index is 0.458. The van der Waals surface area contributed by atoms with Crippen LogP contribution in [0.2, 0.25) is 13.1 Å². The molecule has 6 saturated heterocycles. The van der Waals surface area contributed by atoms with Crippen molar-refractivity contribution in [2.75, 3.05) is 0 Å². The molecule has 6 heterocycles. The van der Waals surface area contributed by atoms with Crippen molar-refractivity contribution in [1.82, 2.24) is 0 Å². The third-order valence-corrected chi connectivity index (χ3v) is 61.2. The number of benzene rings is 12. The summed E-state index contributed by atoms with van der Waals surface area (Å²) in [6.07, 6.45) is 0. The van der Waals surface area contributed by atoms with Gasteiger partial charge in [0.25, 0.3) is 0 Å². The van der Waals surface area contributed by atoms with Gasteiger partial charge in [-0.2, -0.15) is 0 Å². The summed E-state index contributed by atoms with van der Waals surface area (Å²) in [5.74, 6) is 13.5. The van der Waals surface area contributed by atoms with Gasteiger partial charge >= 0.3 is 87.6 Å². The lowest BCUT2D eigenvalue weighted by Crippen LogP contribution is -2.94. The van der Waals surface area contributed by atoms with Crippen LogP contribution in [-0.4, -0.2) is 87.6 Å². The van der Waals surface area contributed by atoms with Crippen LogP contribution in [0.3, 0.4) is 0 Å². The molecule has 0 N–H and O–H groups in total. The first-order valence-electron chi connectivity index (χ1n) is 33.5. The molecule has 102 heavy (non-hydrogen) atoms. The van der Waals surface area contributed by atoms with Gasteiger partial charge in [0, 0.05) is 63.7 Å². The van der Waals surface area contributed by atoms with E-state index in [0.717, 1.165) is 22.3 Å². The Balaban J connectivity index is 1.07. The van der Waals surface area contributed by atoms with Crippen molar-refractivity contribution >= 4 is 139 Å². The average molecular weight is 1510 g/mol. The first-order chi connectivity index (χ1) is 49.9. The fourth-order valence-corrected chi connectivity index (χ4v) is 69.2. The Bertz CT molecular complexity index is 4530. The predicted molar refractivity (Wildman–Crippen MR) is 410 cm³/mol. The molecule has 0 aliphatic carbocycles. The second-order valence-electron chi connectivity index (χ2n) is 25.1. The smallest absolute Gasteiger partial charge is 0.387 e. The van der Waals surface area contributed by atoms with Gasteiger partial charge in [-0.1, -0.05) is 327 Å². The van der Waals surface area contributed by atoms with Crippen molar-refractivity contribution in [2.45, 2.75) is 13.1 Å². The van der Waals surface area contributed by atoms with Crippen LogP contribution < -0.4 is 51.9 Å². The quantitative estimate of drug-likeness (QED) is 0.0976. The maximum atomic E-state index is 8.78. The van der Waals surface area contributed by atoms with Crippen molar-refractivity contribution in [3.8, 4) is 23.7 Å². The van der Waals surface area contributed by atoms with E-state index in [2.05, 4.69) is 23.7 Å². The van der Waals surface area contributed by atoms with E-state index in [0.29, 0.717) is 51.9 Å². The Morgan fingerprint density at radius 2 is 0.284 bits per heavy atom. The van der Waals surface area contributed by atoms with Crippen molar-refractivity contribution in [2.24, 2.45) is 0 Å². The minimum atomic E-state index is -5.38. The molecule has 0 radical (unpaired) electrons. The van der Waals surface area contributed by atoms with Gasteiger partial charge in [0.15, 0.2) is 0 Å². The summed E-state index contributed by atoms with van der Waals surface area (Å²) in [5.41, 5.74) is 3.22. The van der Waals surface area contributed by atoms with Crippen LogP contribution in [0.5, 0.6) is 0 Å². The van der Waals surface area contributed by atoms with Crippen LogP contribution in [0.4, 0.5) is 0 Å². The Labute approximate surface area is 603 Å². The van der Waals surface area contributed by atoms with Gasteiger partial charge in [-0.15, -0.1) is 0 Å². The van der Waals surface area contributed by atoms with E-state index in [1.807, 2.05) is 365 Å². The predicted octanol–water partition coefficient (Wildman–Crippen LogP) is 7.81. The summed E-state index contributed by atoms with van der Waals surface area (Å²) in [6, 6.07) is 113. The van der Waals surface area contributed by atoms with E-state index >= 15 is 0 Å². The van der Waals surface area contributed by atoms with Crippen LogP contribution in [-0.2, 0) is 57.6 Å². The topological polar surface area (TPSA) is 129 Å². The monoisotopic (exact) mass is 1500 g/mol. The largest absolute Gasteiger partial charge is 0.515 e. The van der Waals surface area contributed by atoms with E-state index in [4.69, 9.17) is 57.6 Å². The van der Waals surface area contributed by atoms with Crippen LogP contribution >= 0.6 is 0 Å². The molecule has 8 bridgehead atoms. The summed E-state index contributed by atoms with van der Waals surface area (Å²) in [5, 5.41) is 5.10.